The van der Waals surface area contributed by atoms with Gasteiger partial charge in [0.25, 0.3) is 23.6 Å². The highest BCUT2D eigenvalue weighted by molar-refractivity contribution is 6.14. The number of benzene rings is 2. The fourth-order valence-electron chi connectivity index (χ4n) is 8.86. The van der Waals surface area contributed by atoms with E-state index < -0.39 is 114 Å². The predicted octanol–water partition coefficient (Wildman–Crippen LogP) is 0.382. The molecule has 2 aromatic rings. The van der Waals surface area contributed by atoms with Crippen molar-refractivity contribution >= 4 is 59.3 Å². The van der Waals surface area contributed by atoms with Gasteiger partial charge in [0.1, 0.15) is 67.9 Å². The molecule has 28 nitrogen and oxygen atoms in total. The van der Waals surface area contributed by atoms with Gasteiger partial charge in [0.15, 0.2) is 12.2 Å². The molecule has 88 heavy (non-hydrogen) atoms. The largest absolute Gasteiger partial charge is 0.479 e. The van der Waals surface area contributed by atoms with Crippen LogP contribution in [0.15, 0.2) is 60.7 Å². The summed E-state index contributed by atoms with van der Waals surface area (Å²) < 4.78 is 32.9. The Balaban J connectivity index is 0.000000322. The van der Waals surface area contributed by atoms with Crippen molar-refractivity contribution in [1.29, 1.82) is 0 Å². The van der Waals surface area contributed by atoms with E-state index in [4.69, 9.17) is 28.4 Å². The number of esters is 2. The van der Waals surface area contributed by atoms with E-state index in [2.05, 4.69) is 10.6 Å². The van der Waals surface area contributed by atoms with Gasteiger partial charge >= 0.3 is 23.9 Å². The Hall–Kier alpha value is -7.70. The molecule has 2 fully saturated rings. The molecular weight excluding hydrogens is 1160 g/mol. The molecule has 4 aliphatic heterocycles. The summed E-state index contributed by atoms with van der Waals surface area (Å²) in [5.74, 6) is -6.06. The highest BCUT2D eigenvalue weighted by atomic mass is 16.7. The number of unbranched alkanes of at least 4 members (excludes halogenated alkanes) is 4. The number of imide groups is 2. The van der Waals surface area contributed by atoms with E-state index >= 15 is 0 Å². The van der Waals surface area contributed by atoms with Crippen molar-refractivity contribution < 1.29 is 117 Å². The van der Waals surface area contributed by atoms with E-state index in [0.717, 1.165) is 28.2 Å². The maximum Gasteiger partial charge on any atom is 0.335 e. The smallest absolute Gasteiger partial charge is 0.335 e. The topological polar surface area (TPSA) is 418 Å². The number of aliphatic hydroxyl groups is 6. The van der Waals surface area contributed by atoms with Crippen molar-refractivity contribution in [3.8, 4) is 11.5 Å². The number of rotatable bonds is 28. The highest BCUT2D eigenvalue weighted by Gasteiger charge is 2.50. The molecule has 0 radical (unpaired) electrons. The lowest BCUT2D eigenvalue weighted by Crippen LogP contribution is -2.61. The normalized spacial score (nSPS) is 23.5. The fraction of sp³-hybridized carbons (Fsp3) is 0.567. The Labute approximate surface area is 507 Å². The number of aryl methyl sites for hydroxylation is 2. The first-order valence-corrected chi connectivity index (χ1v) is 28.7. The second-order valence-electron chi connectivity index (χ2n) is 23.4. The highest BCUT2D eigenvalue weighted by Crippen LogP contribution is 2.32. The molecule has 0 aliphatic carbocycles. The summed E-state index contributed by atoms with van der Waals surface area (Å²) >= 11 is 0. The Morgan fingerprint density at radius 1 is 0.500 bits per heavy atom. The third-order valence-corrected chi connectivity index (χ3v) is 14.1. The Morgan fingerprint density at radius 3 is 1.30 bits per heavy atom. The zero-order valence-corrected chi connectivity index (χ0v) is 49.9. The minimum absolute atomic E-state index is 0.0853. The molecule has 10 N–H and O–H groups in total. The van der Waals surface area contributed by atoms with Crippen LogP contribution in [0.3, 0.4) is 0 Å². The second-order valence-corrected chi connectivity index (χ2v) is 23.4. The van der Waals surface area contributed by atoms with Gasteiger partial charge in [-0.1, -0.05) is 30.7 Å². The molecule has 4 aliphatic rings. The first-order valence-electron chi connectivity index (χ1n) is 28.7. The van der Waals surface area contributed by atoms with Crippen LogP contribution in [0.4, 0.5) is 0 Å². The first kappa shape index (κ1) is 71.1. The molecule has 0 saturated carbocycles. The molecule has 6 amide bonds. The summed E-state index contributed by atoms with van der Waals surface area (Å²) in [6, 6.07) is 10.1. The quantitative estimate of drug-likeness (QED) is 0.0313. The van der Waals surface area contributed by atoms with E-state index in [0.29, 0.717) is 95.0 Å². The summed E-state index contributed by atoms with van der Waals surface area (Å²) in [5.41, 5.74) is 0.812. The molecule has 2 aromatic carbocycles. The number of carboxylic acids is 2. The summed E-state index contributed by atoms with van der Waals surface area (Å²) in [6.45, 7) is 10.5. The molecule has 0 unspecified atom stereocenters. The van der Waals surface area contributed by atoms with Crippen LogP contribution in [0.2, 0.25) is 0 Å². The lowest BCUT2D eigenvalue weighted by Gasteiger charge is -2.38. The average Bonchev–Trinajstić information content (AvgIpc) is 3.54. The number of carbonyl (C=O) groups is 10. The monoisotopic (exact) mass is 1240 g/mol. The van der Waals surface area contributed by atoms with Crippen LogP contribution in [0.5, 0.6) is 11.5 Å². The summed E-state index contributed by atoms with van der Waals surface area (Å²) in [6.07, 6.45) is -7.36. The number of aliphatic hydroxyl groups excluding tert-OH is 6. The summed E-state index contributed by atoms with van der Waals surface area (Å²) in [4.78, 5) is 120. The Kier molecular flexibility index (Phi) is 26.2. The van der Waals surface area contributed by atoms with E-state index in [-0.39, 0.29) is 49.0 Å². The first-order chi connectivity index (χ1) is 41.4. The average molecular weight is 1240 g/mol. The minimum atomic E-state index is -1.88. The molecule has 6 rings (SSSR count). The van der Waals surface area contributed by atoms with Crippen molar-refractivity contribution in [1.82, 2.24) is 20.4 Å². The van der Waals surface area contributed by atoms with E-state index in [1.54, 1.807) is 71.9 Å². The predicted molar refractivity (Wildman–Crippen MR) is 303 cm³/mol. The molecular formula is C60H80N4O24. The van der Waals surface area contributed by atoms with E-state index in [1.165, 1.54) is 17.1 Å². The number of hydrogen-bond acceptors (Lipinski definition) is 22. The Bertz CT molecular complexity index is 2860. The third kappa shape index (κ3) is 20.7. The van der Waals surface area contributed by atoms with Gasteiger partial charge < -0.3 is 79.9 Å². The number of nitrogens with zero attached hydrogens (tertiary/aromatic N) is 2. The summed E-state index contributed by atoms with van der Waals surface area (Å²) in [5, 5.41) is 85.4. The fourth-order valence-corrected chi connectivity index (χ4v) is 8.86. The third-order valence-electron chi connectivity index (χ3n) is 14.1. The molecule has 0 bridgehead atoms. The van der Waals surface area contributed by atoms with E-state index in [1.807, 2.05) is 6.07 Å². The number of carboxylic acid groups (broad SMARTS) is 2. The lowest BCUT2D eigenvalue weighted by molar-refractivity contribution is -0.271. The van der Waals surface area contributed by atoms with Crippen molar-refractivity contribution in [2.24, 2.45) is 10.8 Å². The molecule has 0 spiro atoms. The van der Waals surface area contributed by atoms with Crippen molar-refractivity contribution in [3.05, 3.63) is 83.0 Å². The van der Waals surface area contributed by atoms with Crippen LogP contribution >= 0.6 is 0 Å². The van der Waals surface area contributed by atoms with Crippen LogP contribution < -0.4 is 20.1 Å². The molecule has 0 aromatic heterocycles. The van der Waals surface area contributed by atoms with Crippen molar-refractivity contribution in [3.63, 3.8) is 0 Å². The number of nitrogens with one attached hydrogen (secondary N) is 2. The second kappa shape index (κ2) is 32.5. The van der Waals surface area contributed by atoms with Crippen LogP contribution in [-0.2, 0) is 92.9 Å². The standard InChI is InChI=1S/C32H44N2O12.C28H36N2O12/c1-32(2,3)31(43)44-18-20-12-11-19(17-21(20)45-30-27(40)25(38)26(39)28(46-30)29(41)42)9-6-7-15-33-22(35)10-5-4-8-16-34-23(36)13-14-24(34)37;1-28(2,3)27(39)40-14-16-8-7-15(6-4-5-11-29-18(31)13-30-19(32)9-10-20(30)33)12-17(16)41-26-23(36)21(34)22(35)24(42-26)25(37)38/h11-14,17,25-28,30,38-40H,4-10,15-16,18H2,1-3H3,(H,33,35)(H,41,42);7-10,12,21-24,26,34-36H,4-6,11,13-14H2,1-3H3,(H,29,31)(H,37,38)/t25-,26-,27+,28-,30+;21-,22-,23+,24-,26+/m00/s1. The van der Waals surface area contributed by atoms with Gasteiger partial charge in [-0.25, -0.2) is 9.59 Å². The van der Waals surface area contributed by atoms with Crippen molar-refractivity contribution in [2.45, 2.75) is 180 Å². The number of hydrogen-bond donors (Lipinski definition) is 10. The van der Waals surface area contributed by atoms with Gasteiger partial charge in [-0.15, -0.1) is 0 Å². The molecule has 28 heteroatoms. The van der Waals surface area contributed by atoms with Gasteiger partial charge in [0, 0.05) is 61.5 Å². The number of aliphatic carboxylic acids is 2. The van der Waals surface area contributed by atoms with Gasteiger partial charge in [-0.2, -0.15) is 0 Å². The SMILES string of the molecule is CC(C)(C)C(=O)OCc1ccc(CCCCNC(=O)CCCCCN2C(=O)C=CC2=O)cc1O[C@@H]1O[C@H](C(=O)O)[C@@H](O)[C@H](O)[C@H]1O.CC(C)(C)C(=O)OCc1ccc(CCCCNC(=O)CN2C(=O)C=CC2=O)cc1O[C@@H]1O[C@H](C(=O)O)[C@@H](O)[C@H](O)[C@H]1O. The van der Waals surface area contributed by atoms with Crippen molar-refractivity contribution in [2.75, 3.05) is 26.2 Å². The lowest BCUT2D eigenvalue weighted by atomic mass is 9.97. The number of ether oxygens (including phenoxy) is 6. The maximum atomic E-state index is 12.4. The zero-order valence-electron chi connectivity index (χ0n) is 49.9. The minimum Gasteiger partial charge on any atom is -0.479 e. The summed E-state index contributed by atoms with van der Waals surface area (Å²) in [7, 11) is 0. The zero-order chi connectivity index (χ0) is 65.2. The molecule has 2 saturated heterocycles. The van der Waals surface area contributed by atoms with E-state index in [9.17, 15) is 88.8 Å². The van der Waals surface area contributed by atoms with Crippen LogP contribution in [0.1, 0.15) is 115 Å². The molecule has 10 atom stereocenters. The van der Waals surface area contributed by atoms with Gasteiger partial charge in [-0.05, 0) is 116 Å². The van der Waals surface area contributed by atoms with Crippen LogP contribution in [-0.4, -0.2) is 198 Å². The van der Waals surface area contributed by atoms with Gasteiger partial charge in [0.05, 0.1) is 10.8 Å². The van der Waals surface area contributed by atoms with Crippen LogP contribution in [0, 0.1) is 10.8 Å². The number of amides is 6. The molecule has 4 heterocycles. The van der Waals surface area contributed by atoms with Gasteiger partial charge in [-0.3, -0.25) is 48.2 Å². The molecule has 484 valence electrons. The maximum absolute atomic E-state index is 12.4. The van der Waals surface area contributed by atoms with Gasteiger partial charge in [0.2, 0.25) is 24.4 Å². The van der Waals surface area contributed by atoms with Crippen LogP contribution in [0.25, 0.3) is 0 Å². The number of carbonyl (C=O) groups excluding carboxylic acids is 8. The Morgan fingerprint density at radius 2 is 0.898 bits per heavy atom.